The van der Waals surface area contributed by atoms with Gasteiger partial charge in [0.1, 0.15) is 0 Å². The molecule has 180 valence electrons. The number of halogens is 3. The monoisotopic (exact) mass is 497 g/mol. The third kappa shape index (κ3) is 4.61. The van der Waals surface area contributed by atoms with E-state index < -0.39 is 21.8 Å². The number of sulfonamides is 1. The zero-order valence-electron chi connectivity index (χ0n) is 18.6. The molecule has 5 nitrogen and oxygen atoms in total. The number of piperazine rings is 1. The molecule has 0 aliphatic carbocycles. The second kappa shape index (κ2) is 8.98. The maximum atomic E-state index is 13.2. The van der Waals surface area contributed by atoms with E-state index in [2.05, 4.69) is 4.98 Å². The van der Waals surface area contributed by atoms with Crippen LogP contribution in [0.1, 0.15) is 5.56 Å². The average molecular weight is 498 g/mol. The van der Waals surface area contributed by atoms with E-state index in [4.69, 9.17) is 0 Å². The zero-order valence-corrected chi connectivity index (χ0v) is 19.4. The maximum absolute atomic E-state index is 13.2. The average Bonchev–Trinajstić information content (AvgIpc) is 2.88. The van der Waals surface area contributed by atoms with Crippen molar-refractivity contribution in [2.24, 2.45) is 0 Å². The number of nitrogens with zero attached hydrogens (tertiary/aromatic N) is 3. The lowest BCUT2D eigenvalue weighted by Gasteiger charge is -2.35. The van der Waals surface area contributed by atoms with E-state index in [0.29, 0.717) is 18.5 Å². The van der Waals surface area contributed by atoms with Crippen LogP contribution < -0.4 is 4.90 Å². The highest BCUT2D eigenvalue weighted by Crippen LogP contribution is 2.34. The normalized spacial score (nSPS) is 15.5. The highest BCUT2D eigenvalue weighted by atomic mass is 32.2. The van der Waals surface area contributed by atoms with Gasteiger partial charge in [-0.2, -0.15) is 17.5 Å². The Morgan fingerprint density at radius 3 is 2.09 bits per heavy atom. The minimum Gasteiger partial charge on any atom is -0.368 e. The molecule has 0 N–H and O–H groups in total. The molecule has 0 saturated carbocycles. The number of aromatic nitrogens is 1. The van der Waals surface area contributed by atoms with Crippen molar-refractivity contribution in [3.63, 3.8) is 0 Å². The van der Waals surface area contributed by atoms with E-state index in [-0.39, 0.29) is 23.5 Å². The van der Waals surface area contributed by atoms with E-state index in [1.165, 1.54) is 16.6 Å². The van der Waals surface area contributed by atoms with Crippen molar-refractivity contribution in [1.82, 2.24) is 9.29 Å². The molecule has 0 atom stereocenters. The van der Waals surface area contributed by atoms with E-state index >= 15 is 0 Å². The van der Waals surface area contributed by atoms with Crippen molar-refractivity contribution in [3.05, 3.63) is 90.6 Å². The van der Waals surface area contributed by atoms with Crippen LogP contribution in [0.2, 0.25) is 0 Å². The third-order valence-corrected chi connectivity index (χ3v) is 8.14. The number of fused-ring (bicyclic) bond motifs is 1. The number of hydrogen-bond acceptors (Lipinski definition) is 4. The van der Waals surface area contributed by atoms with Crippen LogP contribution in [0.15, 0.2) is 90.0 Å². The summed E-state index contributed by atoms with van der Waals surface area (Å²) in [7, 11) is -3.66. The number of alkyl halides is 3. The van der Waals surface area contributed by atoms with Gasteiger partial charge in [0.15, 0.2) is 0 Å². The Kier molecular flexibility index (Phi) is 5.98. The fourth-order valence-corrected chi connectivity index (χ4v) is 5.78. The lowest BCUT2D eigenvalue weighted by atomic mass is 10.1. The first-order valence-electron chi connectivity index (χ1n) is 11.1. The summed E-state index contributed by atoms with van der Waals surface area (Å²) in [5.41, 5.74) is 2.20. The molecule has 0 bridgehead atoms. The second-order valence-electron chi connectivity index (χ2n) is 8.34. The minimum absolute atomic E-state index is 0.236. The molecule has 0 spiro atoms. The molecule has 1 saturated heterocycles. The smallest absolute Gasteiger partial charge is 0.368 e. The molecule has 3 aromatic carbocycles. The molecular formula is C26H22F3N3O2S. The number of benzene rings is 3. The Morgan fingerprint density at radius 2 is 1.43 bits per heavy atom. The van der Waals surface area contributed by atoms with Gasteiger partial charge in [-0.1, -0.05) is 48.5 Å². The molecule has 1 aliphatic rings. The van der Waals surface area contributed by atoms with Gasteiger partial charge >= 0.3 is 6.18 Å². The Bertz CT molecular complexity index is 1450. The van der Waals surface area contributed by atoms with Crippen molar-refractivity contribution in [2.75, 3.05) is 31.1 Å². The van der Waals surface area contributed by atoms with E-state index in [1.54, 1.807) is 30.3 Å². The van der Waals surface area contributed by atoms with Gasteiger partial charge < -0.3 is 4.90 Å². The van der Waals surface area contributed by atoms with Crippen LogP contribution in [0.25, 0.3) is 22.0 Å². The van der Waals surface area contributed by atoms with Gasteiger partial charge in [-0.3, -0.25) is 4.98 Å². The van der Waals surface area contributed by atoms with Crippen molar-refractivity contribution >= 4 is 26.6 Å². The van der Waals surface area contributed by atoms with Gasteiger partial charge in [-0.05, 0) is 41.5 Å². The molecule has 2 heterocycles. The molecule has 5 rings (SSSR count). The first-order valence-corrected chi connectivity index (χ1v) is 12.5. The molecular weight excluding hydrogens is 475 g/mol. The number of pyridine rings is 1. The highest BCUT2D eigenvalue weighted by Gasteiger charge is 2.32. The zero-order chi connectivity index (χ0) is 24.6. The van der Waals surface area contributed by atoms with Gasteiger partial charge in [-0.15, -0.1) is 0 Å². The molecule has 35 heavy (non-hydrogen) atoms. The van der Waals surface area contributed by atoms with Gasteiger partial charge in [-0.25, -0.2) is 8.42 Å². The van der Waals surface area contributed by atoms with Gasteiger partial charge in [0.2, 0.25) is 10.0 Å². The van der Waals surface area contributed by atoms with Crippen molar-refractivity contribution in [1.29, 1.82) is 0 Å². The van der Waals surface area contributed by atoms with Gasteiger partial charge in [0.25, 0.3) is 0 Å². The van der Waals surface area contributed by atoms with Crippen LogP contribution in [0, 0.1) is 0 Å². The Labute approximate surface area is 201 Å². The van der Waals surface area contributed by atoms with Crippen LogP contribution in [0.4, 0.5) is 18.9 Å². The largest absolute Gasteiger partial charge is 0.416 e. The summed E-state index contributed by atoms with van der Waals surface area (Å²) in [5, 5.41) is 0.605. The molecule has 1 aliphatic heterocycles. The highest BCUT2D eigenvalue weighted by molar-refractivity contribution is 7.89. The summed E-state index contributed by atoms with van der Waals surface area (Å²) in [5.74, 6) is 0. The molecule has 4 aromatic rings. The fourth-order valence-electron chi connectivity index (χ4n) is 4.35. The summed E-state index contributed by atoms with van der Waals surface area (Å²) in [4.78, 5) is 6.32. The molecule has 0 unspecified atom stereocenters. The van der Waals surface area contributed by atoms with Crippen molar-refractivity contribution < 1.29 is 21.6 Å². The summed E-state index contributed by atoms with van der Waals surface area (Å²) in [6.45, 7) is 1.38. The molecule has 0 radical (unpaired) electrons. The van der Waals surface area contributed by atoms with Crippen LogP contribution in [0.3, 0.4) is 0 Å². The first kappa shape index (κ1) is 23.3. The summed E-state index contributed by atoms with van der Waals surface area (Å²) in [6.07, 6.45) is -2.96. The number of rotatable bonds is 4. The number of hydrogen-bond donors (Lipinski definition) is 0. The Balaban J connectivity index is 1.32. The summed E-state index contributed by atoms with van der Waals surface area (Å²) < 4.78 is 67.1. The topological polar surface area (TPSA) is 53.5 Å². The Morgan fingerprint density at radius 1 is 0.771 bits per heavy atom. The fraction of sp³-hybridized carbons (Fsp3) is 0.192. The Hall–Kier alpha value is -3.43. The quantitative estimate of drug-likeness (QED) is 0.377. The summed E-state index contributed by atoms with van der Waals surface area (Å²) in [6, 6.07) is 21.8. The van der Waals surface area contributed by atoms with Crippen LogP contribution >= 0.6 is 0 Å². The molecule has 9 heteroatoms. The van der Waals surface area contributed by atoms with E-state index in [0.717, 1.165) is 28.9 Å². The standard InChI is InChI=1S/C26H22F3N3O2S/c27-26(28,29)21-8-11-23-24(18-21)30-13-12-25(23)31-14-16-32(17-15-31)35(33,34)22-9-6-20(7-10-22)19-4-2-1-3-5-19/h1-13,18H,14-17H2. The maximum Gasteiger partial charge on any atom is 0.416 e. The lowest BCUT2D eigenvalue weighted by molar-refractivity contribution is -0.137. The lowest BCUT2D eigenvalue weighted by Crippen LogP contribution is -2.48. The van der Waals surface area contributed by atoms with E-state index in [1.807, 2.05) is 35.2 Å². The molecule has 1 fully saturated rings. The molecule has 0 amide bonds. The van der Waals surface area contributed by atoms with Crippen molar-refractivity contribution in [3.8, 4) is 11.1 Å². The van der Waals surface area contributed by atoms with Crippen LogP contribution in [0.5, 0.6) is 0 Å². The minimum atomic E-state index is -4.44. The predicted molar refractivity (Wildman–Crippen MR) is 130 cm³/mol. The predicted octanol–water partition coefficient (Wildman–Crippen LogP) is 5.43. The van der Waals surface area contributed by atoms with Crippen LogP contribution in [-0.4, -0.2) is 43.9 Å². The van der Waals surface area contributed by atoms with Crippen LogP contribution in [-0.2, 0) is 16.2 Å². The first-order chi connectivity index (χ1) is 16.7. The van der Waals surface area contributed by atoms with Crippen molar-refractivity contribution in [2.45, 2.75) is 11.1 Å². The van der Waals surface area contributed by atoms with Gasteiger partial charge in [0, 0.05) is 43.4 Å². The number of anilines is 1. The third-order valence-electron chi connectivity index (χ3n) is 6.23. The summed E-state index contributed by atoms with van der Waals surface area (Å²) >= 11 is 0. The molecule has 1 aromatic heterocycles. The van der Waals surface area contributed by atoms with Gasteiger partial charge in [0.05, 0.1) is 16.0 Å². The SMILES string of the molecule is O=S(=O)(c1ccc(-c2ccccc2)cc1)N1CCN(c2ccnc3cc(C(F)(F)F)ccc23)CC1. The van der Waals surface area contributed by atoms with E-state index in [9.17, 15) is 21.6 Å². The second-order valence-corrected chi connectivity index (χ2v) is 10.3.